The summed E-state index contributed by atoms with van der Waals surface area (Å²) in [6.07, 6.45) is 1.60. The lowest BCUT2D eigenvalue weighted by atomic mass is 10.1. The Hall–Kier alpha value is -2.91. The molecule has 0 saturated carbocycles. The van der Waals surface area contributed by atoms with Gasteiger partial charge in [-0.2, -0.15) is 0 Å². The number of aryl methyl sites for hydroxylation is 2. The summed E-state index contributed by atoms with van der Waals surface area (Å²) in [5, 5.41) is 21.9. The molecule has 1 aromatic heterocycles. The first kappa shape index (κ1) is 20.8. The number of carbonyl (C=O) groups is 1. The van der Waals surface area contributed by atoms with Crippen LogP contribution in [0.5, 0.6) is 0 Å². The Morgan fingerprint density at radius 2 is 2.03 bits per heavy atom. The van der Waals surface area contributed by atoms with Gasteiger partial charge in [-0.05, 0) is 38.5 Å². The van der Waals surface area contributed by atoms with Gasteiger partial charge in [0.2, 0.25) is 5.91 Å². The highest BCUT2D eigenvalue weighted by atomic mass is 35.5. The molecule has 0 aliphatic carbocycles. The minimum atomic E-state index is -0.545. The number of nitrogens with one attached hydrogen (secondary N) is 1. The maximum absolute atomic E-state index is 12.6. The largest absolute Gasteiger partial charge is 0.324 e. The smallest absolute Gasteiger partial charge is 0.271 e. The lowest BCUT2D eigenvalue weighted by Crippen LogP contribution is -2.23. The molecule has 8 nitrogen and oxygen atoms in total. The molecule has 29 heavy (non-hydrogen) atoms. The fraction of sp³-hybridized carbons (Fsp3) is 0.211. The number of halogens is 1. The van der Waals surface area contributed by atoms with E-state index in [1.54, 1.807) is 13.3 Å². The molecule has 1 unspecified atom stereocenters. The number of nitrogens with zero attached hydrogens (tertiary/aromatic N) is 4. The molecule has 0 aliphatic heterocycles. The summed E-state index contributed by atoms with van der Waals surface area (Å²) in [4.78, 5) is 23.0. The second-order valence-corrected chi connectivity index (χ2v) is 8.16. The molecule has 0 spiro atoms. The number of hydrogen-bond donors (Lipinski definition) is 1. The van der Waals surface area contributed by atoms with Crippen LogP contribution in [-0.2, 0) is 4.79 Å². The zero-order valence-corrected chi connectivity index (χ0v) is 17.5. The van der Waals surface area contributed by atoms with Crippen molar-refractivity contribution >= 4 is 40.6 Å². The third-order valence-electron chi connectivity index (χ3n) is 4.20. The molecule has 0 saturated heterocycles. The van der Waals surface area contributed by atoms with E-state index >= 15 is 0 Å². The molecule has 0 bridgehead atoms. The van der Waals surface area contributed by atoms with Gasteiger partial charge in [-0.1, -0.05) is 41.1 Å². The summed E-state index contributed by atoms with van der Waals surface area (Å²) < 4.78 is 1.82. The second kappa shape index (κ2) is 8.62. The highest BCUT2D eigenvalue weighted by Gasteiger charge is 2.21. The van der Waals surface area contributed by atoms with Crippen LogP contribution >= 0.6 is 23.4 Å². The number of nitro groups is 1. The minimum absolute atomic E-state index is 0.153. The molecule has 0 radical (unpaired) electrons. The topological polar surface area (TPSA) is 103 Å². The quantitative estimate of drug-likeness (QED) is 0.348. The molecule has 3 rings (SSSR count). The van der Waals surface area contributed by atoms with Crippen molar-refractivity contribution in [2.75, 3.05) is 5.32 Å². The molecule has 150 valence electrons. The summed E-state index contributed by atoms with van der Waals surface area (Å²) in [5.41, 5.74) is 3.17. The number of carbonyl (C=O) groups excluding carboxylic acids is 1. The van der Waals surface area contributed by atoms with E-state index in [-0.39, 0.29) is 22.3 Å². The van der Waals surface area contributed by atoms with Crippen LogP contribution in [0.15, 0.2) is 47.9 Å². The van der Waals surface area contributed by atoms with Gasteiger partial charge >= 0.3 is 0 Å². The number of anilines is 1. The number of hydrogen-bond acceptors (Lipinski definition) is 6. The number of amides is 1. The Labute approximate surface area is 176 Å². The summed E-state index contributed by atoms with van der Waals surface area (Å²) in [6.45, 7) is 5.73. The number of rotatable bonds is 6. The van der Waals surface area contributed by atoms with Gasteiger partial charge in [0.25, 0.3) is 5.69 Å². The molecular formula is C19H18ClN5O3S. The van der Waals surface area contributed by atoms with E-state index in [0.29, 0.717) is 5.16 Å². The van der Waals surface area contributed by atoms with Gasteiger partial charge in [0, 0.05) is 12.1 Å². The van der Waals surface area contributed by atoms with Crippen LogP contribution in [0.1, 0.15) is 18.1 Å². The number of benzene rings is 2. The highest BCUT2D eigenvalue weighted by Crippen LogP contribution is 2.29. The van der Waals surface area contributed by atoms with Gasteiger partial charge in [-0.3, -0.25) is 19.5 Å². The predicted octanol–water partition coefficient (Wildman–Crippen LogP) is 4.57. The zero-order valence-electron chi connectivity index (χ0n) is 15.9. The molecule has 1 heterocycles. The van der Waals surface area contributed by atoms with Crippen LogP contribution in [0.2, 0.25) is 5.02 Å². The Morgan fingerprint density at radius 3 is 2.72 bits per heavy atom. The molecule has 3 aromatic rings. The molecule has 0 aliphatic rings. The van der Waals surface area contributed by atoms with E-state index in [2.05, 4.69) is 21.6 Å². The predicted molar refractivity (Wildman–Crippen MR) is 113 cm³/mol. The van der Waals surface area contributed by atoms with Crippen LogP contribution in [0.3, 0.4) is 0 Å². The molecule has 10 heteroatoms. The summed E-state index contributed by atoms with van der Waals surface area (Å²) in [5.74, 6) is -0.354. The Bertz CT molecular complexity index is 1090. The van der Waals surface area contributed by atoms with Crippen molar-refractivity contribution in [3.63, 3.8) is 0 Å². The highest BCUT2D eigenvalue weighted by molar-refractivity contribution is 8.00. The summed E-state index contributed by atoms with van der Waals surface area (Å²) in [7, 11) is 0. The Kier molecular flexibility index (Phi) is 6.19. The molecule has 2 aromatic carbocycles. The van der Waals surface area contributed by atoms with Gasteiger partial charge in [0.1, 0.15) is 6.33 Å². The first-order chi connectivity index (χ1) is 13.8. The molecule has 1 N–H and O–H groups in total. The number of non-ortho nitro benzene ring substituents is 1. The van der Waals surface area contributed by atoms with E-state index in [4.69, 9.17) is 11.6 Å². The fourth-order valence-electron chi connectivity index (χ4n) is 2.71. The fourth-order valence-corrected chi connectivity index (χ4v) is 3.71. The van der Waals surface area contributed by atoms with Crippen LogP contribution in [0.25, 0.3) is 5.69 Å². The lowest BCUT2D eigenvalue weighted by Gasteiger charge is -2.14. The molecule has 0 fully saturated rings. The van der Waals surface area contributed by atoms with Crippen molar-refractivity contribution in [3.8, 4) is 5.69 Å². The molecule has 1 atom stereocenters. The summed E-state index contributed by atoms with van der Waals surface area (Å²) >= 11 is 7.29. The van der Waals surface area contributed by atoms with Crippen molar-refractivity contribution < 1.29 is 9.72 Å². The van der Waals surface area contributed by atoms with Gasteiger partial charge in [-0.15, -0.1) is 10.2 Å². The van der Waals surface area contributed by atoms with Crippen LogP contribution in [0.4, 0.5) is 11.4 Å². The minimum Gasteiger partial charge on any atom is -0.324 e. The van der Waals surface area contributed by atoms with E-state index < -0.39 is 10.2 Å². The van der Waals surface area contributed by atoms with Gasteiger partial charge in [-0.25, -0.2) is 0 Å². The third kappa shape index (κ3) is 4.75. The Balaban J connectivity index is 1.77. The van der Waals surface area contributed by atoms with Gasteiger partial charge in [0.15, 0.2) is 5.16 Å². The average Bonchev–Trinajstić information content (AvgIpc) is 3.11. The van der Waals surface area contributed by atoms with Crippen molar-refractivity contribution in [1.82, 2.24) is 14.8 Å². The average molecular weight is 432 g/mol. The van der Waals surface area contributed by atoms with Crippen molar-refractivity contribution in [2.24, 2.45) is 0 Å². The second-order valence-electron chi connectivity index (χ2n) is 6.44. The van der Waals surface area contributed by atoms with Crippen molar-refractivity contribution in [1.29, 1.82) is 0 Å². The maximum Gasteiger partial charge on any atom is 0.271 e. The van der Waals surface area contributed by atoms with Crippen molar-refractivity contribution in [3.05, 3.63) is 69.0 Å². The number of thioether (sulfide) groups is 1. The zero-order chi connectivity index (χ0) is 21.1. The number of nitro benzene ring substituents is 1. The maximum atomic E-state index is 12.6. The van der Waals surface area contributed by atoms with E-state index in [1.807, 2.05) is 30.5 Å². The normalized spacial score (nSPS) is 11.9. The lowest BCUT2D eigenvalue weighted by molar-refractivity contribution is -0.384. The van der Waals surface area contributed by atoms with E-state index in [0.717, 1.165) is 16.8 Å². The molecular weight excluding hydrogens is 414 g/mol. The van der Waals surface area contributed by atoms with Gasteiger partial charge in [0.05, 0.1) is 26.6 Å². The standard InChI is InChI=1S/C19H18ClN5O3S/c1-11-4-7-17(12(2)8-11)24-10-21-23-19(24)29-13(3)18(26)22-16-9-14(25(27)28)5-6-15(16)20/h4-10,13H,1-3H3,(H,22,26). The third-order valence-corrected chi connectivity index (χ3v) is 5.58. The Morgan fingerprint density at radius 1 is 1.28 bits per heavy atom. The first-order valence-corrected chi connectivity index (χ1v) is 9.91. The SMILES string of the molecule is Cc1ccc(-n2cnnc2SC(C)C(=O)Nc2cc([N+](=O)[O-])ccc2Cl)c(C)c1. The first-order valence-electron chi connectivity index (χ1n) is 8.65. The van der Waals surface area contributed by atoms with Crippen LogP contribution in [-0.4, -0.2) is 30.8 Å². The van der Waals surface area contributed by atoms with E-state index in [1.165, 1.54) is 30.0 Å². The summed E-state index contributed by atoms with van der Waals surface area (Å²) in [6, 6.07) is 9.93. The number of aromatic nitrogens is 3. The van der Waals surface area contributed by atoms with Crippen LogP contribution < -0.4 is 5.32 Å². The monoisotopic (exact) mass is 431 g/mol. The van der Waals surface area contributed by atoms with Crippen LogP contribution in [0, 0.1) is 24.0 Å². The van der Waals surface area contributed by atoms with E-state index in [9.17, 15) is 14.9 Å². The molecule has 1 amide bonds. The van der Waals surface area contributed by atoms with Crippen molar-refractivity contribution in [2.45, 2.75) is 31.2 Å². The van der Waals surface area contributed by atoms with Gasteiger partial charge < -0.3 is 5.32 Å².